The summed E-state index contributed by atoms with van der Waals surface area (Å²) in [4.78, 5) is 31.7. The number of likely N-dealkylation sites (N-methyl/N-ethyl adjacent to an activating group) is 2. The molecule has 0 atom stereocenters. The summed E-state index contributed by atoms with van der Waals surface area (Å²) in [6.07, 6.45) is 6.08. The van der Waals surface area contributed by atoms with Gasteiger partial charge in [0.1, 0.15) is 12.5 Å². The average Bonchev–Trinajstić information content (AvgIpc) is 3.20. The summed E-state index contributed by atoms with van der Waals surface area (Å²) in [5.74, 6) is 0.532. The molecule has 2 heterocycles. The molecular formula is C16H20N4O4. The standard InChI is InChI=1S/C16H20N4O4/c1-19(15(21)12-6-9-24-18-12)7-8-20(2)16(22)13-10-23-14(17-13)11-4-3-5-11/h6,9-11H,3-5,7-8H2,1-2H3. The average molecular weight is 332 g/mol. The van der Waals surface area contributed by atoms with Gasteiger partial charge in [-0.3, -0.25) is 9.59 Å². The highest BCUT2D eigenvalue weighted by Gasteiger charge is 2.26. The van der Waals surface area contributed by atoms with Gasteiger partial charge >= 0.3 is 0 Å². The third-order valence-electron chi connectivity index (χ3n) is 4.32. The molecule has 0 saturated heterocycles. The molecule has 1 aliphatic rings. The van der Waals surface area contributed by atoms with Crippen LogP contribution in [0, 0.1) is 0 Å². The van der Waals surface area contributed by atoms with Crippen molar-refractivity contribution in [2.45, 2.75) is 25.2 Å². The molecule has 0 spiro atoms. The molecule has 24 heavy (non-hydrogen) atoms. The summed E-state index contributed by atoms with van der Waals surface area (Å²) < 4.78 is 10.1. The van der Waals surface area contributed by atoms with Crippen molar-refractivity contribution in [3.8, 4) is 0 Å². The van der Waals surface area contributed by atoms with Gasteiger partial charge < -0.3 is 18.7 Å². The predicted molar refractivity (Wildman–Crippen MR) is 83.5 cm³/mol. The van der Waals surface area contributed by atoms with Gasteiger partial charge in [-0.25, -0.2) is 4.98 Å². The van der Waals surface area contributed by atoms with Gasteiger partial charge in [0.2, 0.25) is 0 Å². The minimum Gasteiger partial charge on any atom is -0.448 e. The van der Waals surface area contributed by atoms with Crippen molar-refractivity contribution in [3.05, 3.63) is 35.9 Å². The zero-order chi connectivity index (χ0) is 17.1. The topological polar surface area (TPSA) is 92.7 Å². The van der Waals surface area contributed by atoms with Crippen molar-refractivity contribution in [2.24, 2.45) is 0 Å². The highest BCUT2D eigenvalue weighted by atomic mass is 16.5. The largest absolute Gasteiger partial charge is 0.448 e. The van der Waals surface area contributed by atoms with Crippen LogP contribution in [0.1, 0.15) is 52.0 Å². The second kappa shape index (κ2) is 6.86. The molecule has 8 nitrogen and oxygen atoms in total. The monoisotopic (exact) mass is 332 g/mol. The van der Waals surface area contributed by atoms with E-state index in [4.69, 9.17) is 4.42 Å². The Kier molecular flexibility index (Phi) is 4.64. The number of aromatic nitrogens is 2. The van der Waals surface area contributed by atoms with Crippen molar-refractivity contribution in [2.75, 3.05) is 27.2 Å². The number of hydrogen-bond donors (Lipinski definition) is 0. The number of oxazole rings is 1. The Morgan fingerprint density at radius 2 is 1.83 bits per heavy atom. The molecule has 8 heteroatoms. The lowest BCUT2D eigenvalue weighted by Crippen LogP contribution is -2.37. The van der Waals surface area contributed by atoms with E-state index < -0.39 is 0 Å². The molecule has 0 N–H and O–H groups in total. The van der Waals surface area contributed by atoms with E-state index in [2.05, 4.69) is 14.7 Å². The summed E-state index contributed by atoms with van der Waals surface area (Å²) in [7, 11) is 3.33. The second-order valence-electron chi connectivity index (χ2n) is 6.04. The van der Waals surface area contributed by atoms with Gasteiger partial charge in [-0.2, -0.15) is 0 Å². The van der Waals surface area contributed by atoms with E-state index in [0.717, 1.165) is 12.8 Å². The van der Waals surface area contributed by atoms with Gasteiger partial charge in [-0.15, -0.1) is 0 Å². The zero-order valence-corrected chi connectivity index (χ0v) is 13.8. The summed E-state index contributed by atoms with van der Waals surface area (Å²) in [5, 5.41) is 3.61. The summed E-state index contributed by atoms with van der Waals surface area (Å²) in [6.45, 7) is 0.756. The first-order valence-electron chi connectivity index (χ1n) is 7.93. The van der Waals surface area contributed by atoms with Crippen molar-refractivity contribution in [1.82, 2.24) is 19.9 Å². The van der Waals surface area contributed by atoms with Gasteiger partial charge in [0, 0.05) is 39.2 Å². The van der Waals surface area contributed by atoms with E-state index in [9.17, 15) is 9.59 Å². The molecule has 128 valence electrons. The van der Waals surface area contributed by atoms with Crippen LogP contribution in [0.25, 0.3) is 0 Å². The third kappa shape index (κ3) is 3.32. The molecule has 2 aromatic heterocycles. The predicted octanol–water partition coefficient (Wildman–Crippen LogP) is 1.77. The molecule has 1 fully saturated rings. The van der Waals surface area contributed by atoms with Gasteiger partial charge in [-0.05, 0) is 12.8 Å². The minimum atomic E-state index is -0.252. The first-order chi connectivity index (χ1) is 11.6. The van der Waals surface area contributed by atoms with Crippen LogP contribution >= 0.6 is 0 Å². The molecule has 0 radical (unpaired) electrons. The smallest absolute Gasteiger partial charge is 0.275 e. The van der Waals surface area contributed by atoms with Crippen LogP contribution in [0.4, 0.5) is 0 Å². The van der Waals surface area contributed by atoms with Gasteiger partial charge in [0.25, 0.3) is 11.8 Å². The quantitative estimate of drug-likeness (QED) is 0.800. The fourth-order valence-electron chi connectivity index (χ4n) is 2.45. The summed E-state index contributed by atoms with van der Waals surface area (Å²) in [5.41, 5.74) is 0.554. The zero-order valence-electron chi connectivity index (χ0n) is 13.8. The number of nitrogens with zero attached hydrogens (tertiary/aromatic N) is 4. The van der Waals surface area contributed by atoms with Crippen molar-refractivity contribution in [3.63, 3.8) is 0 Å². The second-order valence-corrected chi connectivity index (χ2v) is 6.04. The fraction of sp³-hybridized carbons (Fsp3) is 0.500. The van der Waals surface area contributed by atoms with E-state index in [1.54, 1.807) is 14.1 Å². The first kappa shape index (κ1) is 16.2. The molecule has 0 aromatic carbocycles. The Morgan fingerprint density at radius 3 is 2.38 bits per heavy atom. The fourth-order valence-corrected chi connectivity index (χ4v) is 2.45. The third-order valence-corrected chi connectivity index (χ3v) is 4.32. The van der Waals surface area contributed by atoms with E-state index in [-0.39, 0.29) is 17.5 Å². The normalized spacial score (nSPS) is 14.2. The van der Waals surface area contributed by atoms with E-state index >= 15 is 0 Å². The SMILES string of the molecule is CN(CCN(C)C(=O)c1coc(C2CCC2)n1)C(=O)c1ccon1. The van der Waals surface area contributed by atoms with E-state index in [1.165, 1.54) is 34.8 Å². The van der Waals surface area contributed by atoms with Crippen LogP contribution in [0.15, 0.2) is 27.5 Å². The van der Waals surface area contributed by atoms with E-state index in [1.807, 2.05) is 0 Å². The van der Waals surface area contributed by atoms with E-state index in [0.29, 0.717) is 30.6 Å². The van der Waals surface area contributed by atoms with Crippen LogP contribution in [0.5, 0.6) is 0 Å². The minimum absolute atomic E-state index is 0.216. The lowest BCUT2D eigenvalue weighted by Gasteiger charge is -2.22. The molecular weight excluding hydrogens is 312 g/mol. The molecule has 0 aliphatic heterocycles. The maximum Gasteiger partial charge on any atom is 0.275 e. The number of carbonyl (C=O) groups excluding carboxylic acids is 2. The molecule has 0 unspecified atom stereocenters. The lowest BCUT2D eigenvalue weighted by molar-refractivity contribution is 0.0710. The number of rotatable bonds is 6. The van der Waals surface area contributed by atoms with Gasteiger partial charge in [-0.1, -0.05) is 11.6 Å². The lowest BCUT2D eigenvalue weighted by atomic mass is 9.85. The Morgan fingerprint density at radius 1 is 1.17 bits per heavy atom. The van der Waals surface area contributed by atoms with Crippen molar-refractivity contribution >= 4 is 11.8 Å². The van der Waals surface area contributed by atoms with Crippen molar-refractivity contribution < 1.29 is 18.5 Å². The summed E-state index contributed by atoms with van der Waals surface area (Å²) >= 11 is 0. The summed E-state index contributed by atoms with van der Waals surface area (Å²) in [6, 6.07) is 1.51. The van der Waals surface area contributed by atoms with Crippen LogP contribution in [-0.4, -0.2) is 58.9 Å². The number of amides is 2. The Hall–Kier alpha value is -2.64. The van der Waals surface area contributed by atoms with Crippen LogP contribution in [0.2, 0.25) is 0 Å². The first-order valence-corrected chi connectivity index (χ1v) is 7.93. The molecule has 1 saturated carbocycles. The molecule has 3 rings (SSSR count). The molecule has 1 aliphatic carbocycles. The maximum absolute atomic E-state index is 12.4. The number of carbonyl (C=O) groups is 2. The van der Waals surface area contributed by atoms with Crippen LogP contribution in [0.3, 0.4) is 0 Å². The van der Waals surface area contributed by atoms with Gasteiger partial charge in [0.15, 0.2) is 17.3 Å². The van der Waals surface area contributed by atoms with Crippen LogP contribution in [-0.2, 0) is 0 Å². The molecule has 0 bridgehead atoms. The van der Waals surface area contributed by atoms with Crippen molar-refractivity contribution in [1.29, 1.82) is 0 Å². The molecule has 2 aromatic rings. The Balaban J connectivity index is 1.52. The Labute approximate surface area is 139 Å². The molecule has 2 amide bonds. The Bertz CT molecular complexity index is 705. The van der Waals surface area contributed by atoms with Gasteiger partial charge in [0.05, 0.1) is 0 Å². The maximum atomic E-state index is 12.4. The number of hydrogen-bond acceptors (Lipinski definition) is 6. The highest BCUT2D eigenvalue weighted by Crippen LogP contribution is 2.35. The highest BCUT2D eigenvalue weighted by molar-refractivity contribution is 5.92. The van der Waals surface area contributed by atoms with Crippen LogP contribution < -0.4 is 0 Å².